The smallest absolute Gasteiger partial charge is 0.341 e. The maximum absolute atomic E-state index is 12.6. The van der Waals surface area contributed by atoms with Crippen molar-refractivity contribution in [3.63, 3.8) is 0 Å². The lowest BCUT2D eigenvalue weighted by atomic mass is 9.78. The molecule has 1 N–H and O–H groups in total. The van der Waals surface area contributed by atoms with Gasteiger partial charge in [-0.05, 0) is 29.5 Å². The molecule has 3 heterocycles. The van der Waals surface area contributed by atoms with Gasteiger partial charge in [-0.1, -0.05) is 32.1 Å². The van der Waals surface area contributed by atoms with Crippen LogP contribution < -0.4 is 14.9 Å². The largest absolute Gasteiger partial charge is 0.496 e. The van der Waals surface area contributed by atoms with Gasteiger partial charge in [-0.25, -0.2) is 9.78 Å². The molecule has 1 unspecified atom stereocenters. The first kappa shape index (κ1) is 24.0. The number of carboxylic acids is 1. The lowest BCUT2D eigenvalue weighted by Gasteiger charge is -2.39. The minimum Gasteiger partial charge on any atom is -0.496 e. The maximum atomic E-state index is 12.6. The van der Waals surface area contributed by atoms with Crippen LogP contribution >= 0.6 is 11.3 Å². The minimum atomic E-state index is -1.22. The average Bonchev–Trinajstić information content (AvgIpc) is 3.25. The van der Waals surface area contributed by atoms with Gasteiger partial charge < -0.3 is 23.9 Å². The third kappa shape index (κ3) is 4.45. The first-order valence-corrected chi connectivity index (χ1v) is 11.7. The Kier molecular flexibility index (Phi) is 6.51. The second kappa shape index (κ2) is 9.23. The predicted molar refractivity (Wildman–Crippen MR) is 130 cm³/mol. The molecule has 0 fully saturated rings. The highest BCUT2D eigenvalue weighted by molar-refractivity contribution is 7.16. The van der Waals surface area contributed by atoms with Gasteiger partial charge in [-0.15, -0.1) is 0 Å². The van der Waals surface area contributed by atoms with E-state index < -0.39 is 11.4 Å². The van der Waals surface area contributed by atoms with Crippen molar-refractivity contribution in [2.24, 2.45) is 5.41 Å². The van der Waals surface area contributed by atoms with E-state index >= 15 is 0 Å². The number of pyridine rings is 1. The van der Waals surface area contributed by atoms with Gasteiger partial charge in [0.25, 0.3) is 5.19 Å². The maximum Gasteiger partial charge on any atom is 0.341 e. The summed E-state index contributed by atoms with van der Waals surface area (Å²) in [6.07, 6.45) is 3.92. The molecule has 1 aliphatic rings. The van der Waals surface area contributed by atoms with E-state index in [2.05, 4.69) is 31.8 Å². The van der Waals surface area contributed by atoms with E-state index in [1.54, 1.807) is 20.4 Å². The fraction of sp³-hybridized carbons (Fsp3) is 0.400. The van der Waals surface area contributed by atoms with Crippen LogP contribution in [-0.2, 0) is 11.2 Å². The summed E-state index contributed by atoms with van der Waals surface area (Å²) in [4.78, 5) is 29.5. The van der Waals surface area contributed by atoms with Gasteiger partial charge in [0.1, 0.15) is 17.9 Å². The van der Waals surface area contributed by atoms with Crippen molar-refractivity contribution in [2.75, 3.05) is 27.4 Å². The van der Waals surface area contributed by atoms with E-state index in [4.69, 9.17) is 14.2 Å². The SMILES string of the molecule is COCCOc1ncc(-c2cc3c(cc2OC)-c2cc(=O)c(C(=O)O)cn2C(C(C)(C)C)C3)s1. The van der Waals surface area contributed by atoms with Crippen LogP contribution in [0.3, 0.4) is 0 Å². The molecule has 0 spiro atoms. The number of aromatic carboxylic acids is 1. The number of fused-ring (bicyclic) bond motifs is 3. The third-order valence-corrected chi connectivity index (χ3v) is 6.97. The van der Waals surface area contributed by atoms with Gasteiger partial charge in [-0.3, -0.25) is 4.79 Å². The summed E-state index contributed by atoms with van der Waals surface area (Å²) < 4.78 is 18.3. The quantitative estimate of drug-likeness (QED) is 0.492. The van der Waals surface area contributed by atoms with E-state index in [1.807, 2.05) is 10.6 Å². The van der Waals surface area contributed by atoms with Crippen LogP contribution in [-0.4, -0.2) is 48.1 Å². The Morgan fingerprint density at radius 1 is 1.21 bits per heavy atom. The van der Waals surface area contributed by atoms with Crippen molar-refractivity contribution in [3.8, 4) is 32.6 Å². The summed E-state index contributed by atoms with van der Waals surface area (Å²) in [6, 6.07) is 5.39. The number of methoxy groups -OCH3 is 2. The van der Waals surface area contributed by atoms with E-state index in [9.17, 15) is 14.7 Å². The Bertz CT molecular complexity index is 1290. The van der Waals surface area contributed by atoms with Gasteiger partial charge in [0.2, 0.25) is 0 Å². The normalized spacial score (nSPS) is 14.9. The first-order chi connectivity index (χ1) is 16.1. The fourth-order valence-corrected chi connectivity index (χ4v) is 5.08. The Labute approximate surface area is 201 Å². The number of rotatable bonds is 7. The highest BCUT2D eigenvalue weighted by atomic mass is 32.1. The molecule has 4 rings (SSSR count). The molecule has 0 bridgehead atoms. The Balaban J connectivity index is 1.85. The molecule has 180 valence electrons. The molecule has 1 atom stereocenters. The van der Waals surface area contributed by atoms with Crippen LogP contribution in [0.25, 0.3) is 21.7 Å². The first-order valence-electron chi connectivity index (χ1n) is 10.9. The number of aromatic nitrogens is 2. The van der Waals surface area contributed by atoms with Crippen molar-refractivity contribution >= 4 is 17.3 Å². The van der Waals surface area contributed by atoms with Gasteiger partial charge in [0.15, 0.2) is 5.43 Å². The molecule has 0 amide bonds. The van der Waals surface area contributed by atoms with E-state index in [-0.39, 0.29) is 17.0 Å². The van der Waals surface area contributed by atoms with E-state index in [1.165, 1.54) is 23.6 Å². The predicted octanol–water partition coefficient (Wildman–Crippen LogP) is 4.51. The molecule has 9 heteroatoms. The lowest BCUT2D eigenvalue weighted by molar-refractivity contribution is 0.0693. The zero-order valence-electron chi connectivity index (χ0n) is 19.9. The summed E-state index contributed by atoms with van der Waals surface area (Å²) in [5.41, 5.74) is 2.59. The highest BCUT2D eigenvalue weighted by Crippen LogP contribution is 2.46. The zero-order valence-corrected chi connectivity index (χ0v) is 20.7. The van der Waals surface area contributed by atoms with Crippen molar-refractivity contribution in [3.05, 3.63) is 51.9 Å². The molecule has 0 saturated carbocycles. The van der Waals surface area contributed by atoms with Gasteiger partial charge in [0.05, 0.1) is 24.3 Å². The summed E-state index contributed by atoms with van der Waals surface area (Å²) in [6.45, 7) is 7.24. The monoisotopic (exact) mass is 484 g/mol. The molecule has 34 heavy (non-hydrogen) atoms. The molecule has 8 nitrogen and oxygen atoms in total. The second-order valence-electron chi connectivity index (χ2n) is 9.28. The molecule has 3 aromatic rings. The molecular weight excluding hydrogens is 456 g/mol. The van der Waals surface area contributed by atoms with Crippen LogP contribution in [0.4, 0.5) is 0 Å². The zero-order chi connectivity index (χ0) is 24.6. The highest BCUT2D eigenvalue weighted by Gasteiger charge is 2.34. The molecule has 0 radical (unpaired) electrons. The van der Waals surface area contributed by atoms with E-state index in [0.717, 1.165) is 21.6 Å². The lowest BCUT2D eigenvalue weighted by Crippen LogP contribution is -2.32. The summed E-state index contributed by atoms with van der Waals surface area (Å²) in [5.74, 6) is -0.582. The Morgan fingerprint density at radius 3 is 2.62 bits per heavy atom. The van der Waals surface area contributed by atoms with Gasteiger partial charge in [-0.2, -0.15) is 0 Å². The number of hydrogen-bond donors (Lipinski definition) is 1. The van der Waals surface area contributed by atoms with Crippen LogP contribution in [0.1, 0.15) is 42.7 Å². The molecule has 2 aromatic heterocycles. The van der Waals surface area contributed by atoms with Gasteiger partial charge >= 0.3 is 5.97 Å². The van der Waals surface area contributed by atoms with Crippen LogP contribution in [0.2, 0.25) is 0 Å². The van der Waals surface area contributed by atoms with Gasteiger partial charge in [0, 0.05) is 42.7 Å². The van der Waals surface area contributed by atoms with Crippen LogP contribution in [0.15, 0.2) is 35.4 Å². The number of benzene rings is 1. The number of carbonyl (C=O) groups is 1. The average molecular weight is 485 g/mol. The molecule has 1 aliphatic heterocycles. The van der Waals surface area contributed by atoms with Crippen LogP contribution in [0.5, 0.6) is 10.9 Å². The van der Waals surface area contributed by atoms with Crippen molar-refractivity contribution in [1.82, 2.24) is 9.55 Å². The fourth-order valence-electron chi connectivity index (χ4n) is 4.27. The summed E-state index contributed by atoms with van der Waals surface area (Å²) in [7, 11) is 3.22. The van der Waals surface area contributed by atoms with Crippen molar-refractivity contribution < 1.29 is 24.1 Å². The summed E-state index contributed by atoms with van der Waals surface area (Å²) >= 11 is 1.43. The van der Waals surface area contributed by atoms with Crippen molar-refractivity contribution in [1.29, 1.82) is 0 Å². The molecule has 0 aliphatic carbocycles. The van der Waals surface area contributed by atoms with Crippen LogP contribution in [0, 0.1) is 5.41 Å². The molecule has 1 aromatic carbocycles. The standard InChI is InChI=1S/C25H28N2O6S/c1-25(2,3)22-9-14-8-16(21-12-26-24(34-21)33-7-6-31-4)20(32-5)10-15(14)18-11-19(28)17(23(29)30)13-27(18)22/h8,10-13,22H,6-7,9H2,1-5H3,(H,29,30). The second-order valence-corrected chi connectivity index (χ2v) is 10.3. The number of thiazole rings is 1. The van der Waals surface area contributed by atoms with E-state index in [0.29, 0.717) is 36.3 Å². The summed E-state index contributed by atoms with van der Waals surface area (Å²) in [5, 5.41) is 10.1. The minimum absolute atomic E-state index is 0.0376. The number of hydrogen-bond acceptors (Lipinski definition) is 7. The molecule has 0 saturated heterocycles. The molecular formula is C25H28N2O6S. The Morgan fingerprint density at radius 2 is 1.97 bits per heavy atom. The topological polar surface area (TPSA) is 99.9 Å². The third-order valence-electron chi connectivity index (χ3n) is 6.02. The Hall–Kier alpha value is -3.17. The number of carboxylic acid groups (broad SMARTS) is 1. The number of nitrogens with zero attached hydrogens (tertiary/aromatic N) is 2. The van der Waals surface area contributed by atoms with Crippen molar-refractivity contribution in [2.45, 2.75) is 33.2 Å². The number of ether oxygens (including phenoxy) is 3.